The van der Waals surface area contributed by atoms with Crippen LogP contribution in [-0.4, -0.2) is 18.5 Å². The van der Waals surface area contributed by atoms with Gasteiger partial charge < -0.3 is 10.6 Å². The van der Waals surface area contributed by atoms with Crippen LogP contribution in [0.1, 0.15) is 25.3 Å². The summed E-state index contributed by atoms with van der Waals surface area (Å²) in [5.74, 6) is 0.768. The van der Waals surface area contributed by atoms with E-state index in [1.54, 1.807) is 0 Å². The molecular formula is C14H20N2O. The Bertz CT molecular complexity index is 364. The summed E-state index contributed by atoms with van der Waals surface area (Å²) in [6.07, 6.45) is 2.11. The van der Waals surface area contributed by atoms with Crippen molar-refractivity contribution in [3.8, 4) is 0 Å². The minimum atomic E-state index is -0.0116. The molecule has 0 saturated carbocycles. The van der Waals surface area contributed by atoms with Gasteiger partial charge in [0.2, 0.25) is 5.91 Å². The summed E-state index contributed by atoms with van der Waals surface area (Å²) in [6, 6.07) is 10.00. The van der Waals surface area contributed by atoms with Crippen molar-refractivity contribution in [1.29, 1.82) is 0 Å². The topological polar surface area (TPSA) is 41.1 Å². The molecule has 3 heteroatoms. The Labute approximate surface area is 103 Å². The molecule has 2 atom stereocenters. The molecule has 0 aromatic heterocycles. The van der Waals surface area contributed by atoms with Crippen molar-refractivity contribution in [1.82, 2.24) is 10.6 Å². The summed E-state index contributed by atoms with van der Waals surface area (Å²) in [5, 5.41) is 6.26. The largest absolute Gasteiger partial charge is 0.351 e. The lowest BCUT2D eigenvalue weighted by molar-refractivity contribution is -0.124. The van der Waals surface area contributed by atoms with E-state index < -0.39 is 0 Å². The standard InChI is InChI=1S/C14H20N2O/c1-11-7-8-15-13(9-11)14(17)16-10-12-5-3-2-4-6-12/h2-6,11,13,15H,7-10H2,1H3,(H,16,17). The Morgan fingerprint density at radius 2 is 2.18 bits per heavy atom. The molecule has 2 rings (SSSR count). The highest BCUT2D eigenvalue weighted by Crippen LogP contribution is 2.15. The molecule has 2 N–H and O–H groups in total. The van der Waals surface area contributed by atoms with E-state index >= 15 is 0 Å². The van der Waals surface area contributed by atoms with Crippen molar-refractivity contribution < 1.29 is 4.79 Å². The van der Waals surface area contributed by atoms with Crippen LogP contribution in [0, 0.1) is 5.92 Å². The van der Waals surface area contributed by atoms with Gasteiger partial charge in [-0.2, -0.15) is 0 Å². The van der Waals surface area contributed by atoms with Crippen molar-refractivity contribution >= 4 is 5.91 Å². The molecule has 1 saturated heterocycles. The highest BCUT2D eigenvalue weighted by molar-refractivity contribution is 5.81. The molecule has 0 spiro atoms. The summed E-state index contributed by atoms with van der Waals surface area (Å²) in [7, 11) is 0. The van der Waals surface area contributed by atoms with Crippen molar-refractivity contribution in [3.63, 3.8) is 0 Å². The lowest BCUT2D eigenvalue weighted by atomic mass is 9.94. The average molecular weight is 232 g/mol. The fraction of sp³-hybridized carbons (Fsp3) is 0.500. The van der Waals surface area contributed by atoms with Crippen molar-refractivity contribution in [2.75, 3.05) is 6.54 Å². The van der Waals surface area contributed by atoms with Crippen LogP contribution in [0.2, 0.25) is 0 Å². The fourth-order valence-corrected chi connectivity index (χ4v) is 2.22. The third-order valence-electron chi connectivity index (χ3n) is 3.29. The fourth-order valence-electron chi connectivity index (χ4n) is 2.22. The van der Waals surface area contributed by atoms with Crippen molar-refractivity contribution in [2.45, 2.75) is 32.4 Å². The molecule has 1 fully saturated rings. The highest BCUT2D eigenvalue weighted by Gasteiger charge is 2.23. The molecule has 0 radical (unpaired) electrons. The number of carbonyl (C=O) groups is 1. The molecule has 17 heavy (non-hydrogen) atoms. The molecule has 1 aromatic carbocycles. The number of hydrogen-bond donors (Lipinski definition) is 2. The summed E-state index contributed by atoms with van der Waals surface area (Å²) in [6.45, 7) is 3.77. The van der Waals surface area contributed by atoms with E-state index in [1.165, 1.54) is 6.42 Å². The third kappa shape index (κ3) is 3.56. The molecule has 0 aliphatic carbocycles. The van der Waals surface area contributed by atoms with Gasteiger partial charge in [-0.05, 0) is 30.9 Å². The maximum Gasteiger partial charge on any atom is 0.237 e. The molecule has 1 aromatic rings. The van der Waals surface area contributed by atoms with Gasteiger partial charge in [-0.25, -0.2) is 0 Å². The van der Waals surface area contributed by atoms with E-state index in [1.807, 2.05) is 30.3 Å². The van der Waals surface area contributed by atoms with E-state index in [0.717, 1.165) is 18.5 Å². The predicted octanol–water partition coefficient (Wildman–Crippen LogP) is 1.69. The number of rotatable bonds is 3. The van der Waals surface area contributed by atoms with Crippen LogP contribution in [0.4, 0.5) is 0 Å². The first kappa shape index (κ1) is 12.1. The SMILES string of the molecule is CC1CCNC(C(=O)NCc2ccccc2)C1. The first-order valence-corrected chi connectivity index (χ1v) is 6.30. The van der Waals surface area contributed by atoms with Crippen LogP contribution in [-0.2, 0) is 11.3 Å². The molecule has 92 valence electrons. The Morgan fingerprint density at radius 3 is 2.88 bits per heavy atom. The second-order valence-electron chi connectivity index (χ2n) is 4.84. The zero-order chi connectivity index (χ0) is 12.1. The van der Waals surface area contributed by atoms with Gasteiger partial charge in [-0.3, -0.25) is 4.79 Å². The molecular weight excluding hydrogens is 212 g/mol. The summed E-state index contributed by atoms with van der Waals surface area (Å²) < 4.78 is 0. The maximum absolute atomic E-state index is 11.9. The highest BCUT2D eigenvalue weighted by atomic mass is 16.2. The smallest absolute Gasteiger partial charge is 0.237 e. The lowest BCUT2D eigenvalue weighted by Crippen LogP contribution is -2.48. The Balaban J connectivity index is 1.81. The van der Waals surface area contributed by atoms with Gasteiger partial charge in [0.05, 0.1) is 6.04 Å². The van der Waals surface area contributed by atoms with Gasteiger partial charge in [0.15, 0.2) is 0 Å². The van der Waals surface area contributed by atoms with Crippen LogP contribution in [0.5, 0.6) is 0 Å². The third-order valence-corrected chi connectivity index (χ3v) is 3.29. The van der Waals surface area contributed by atoms with E-state index in [2.05, 4.69) is 17.6 Å². The molecule has 3 nitrogen and oxygen atoms in total. The van der Waals surface area contributed by atoms with Crippen molar-refractivity contribution in [3.05, 3.63) is 35.9 Å². The van der Waals surface area contributed by atoms with E-state index in [0.29, 0.717) is 12.5 Å². The minimum absolute atomic E-state index is 0.0116. The monoisotopic (exact) mass is 232 g/mol. The Hall–Kier alpha value is -1.35. The van der Waals surface area contributed by atoms with Crippen LogP contribution in [0.25, 0.3) is 0 Å². The number of hydrogen-bond acceptors (Lipinski definition) is 2. The Morgan fingerprint density at radius 1 is 1.41 bits per heavy atom. The minimum Gasteiger partial charge on any atom is -0.351 e. The molecule has 1 amide bonds. The second-order valence-corrected chi connectivity index (χ2v) is 4.84. The zero-order valence-corrected chi connectivity index (χ0v) is 10.3. The average Bonchev–Trinajstić information content (AvgIpc) is 2.37. The van der Waals surface area contributed by atoms with Crippen LogP contribution in [0.3, 0.4) is 0 Å². The maximum atomic E-state index is 11.9. The number of carbonyl (C=O) groups excluding carboxylic acids is 1. The van der Waals surface area contributed by atoms with Crippen LogP contribution in [0.15, 0.2) is 30.3 Å². The quantitative estimate of drug-likeness (QED) is 0.832. The molecule has 2 unspecified atom stereocenters. The van der Waals surface area contributed by atoms with Gasteiger partial charge in [0, 0.05) is 6.54 Å². The number of benzene rings is 1. The molecule has 0 bridgehead atoms. The predicted molar refractivity (Wildman–Crippen MR) is 68.5 cm³/mol. The summed E-state index contributed by atoms with van der Waals surface area (Å²) in [5.41, 5.74) is 1.14. The van der Waals surface area contributed by atoms with E-state index in [9.17, 15) is 4.79 Å². The second kappa shape index (κ2) is 5.82. The molecule has 1 heterocycles. The zero-order valence-electron chi connectivity index (χ0n) is 10.3. The normalized spacial score (nSPS) is 24.3. The number of piperidine rings is 1. The summed E-state index contributed by atoms with van der Waals surface area (Å²) in [4.78, 5) is 11.9. The first-order chi connectivity index (χ1) is 8.25. The van der Waals surface area contributed by atoms with E-state index in [4.69, 9.17) is 0 Å². The van der Waals surface area contributed by atoms with Crippen LogP contribution >= 0.6 is 0 Å². The Kier molecular flexibility index (Phi) is 4.15. The van der Waals surface area contributed by atoms with Gasteiger partial charge >= 0.3 is 0 Å². The van der Waals surface area contributed by atoms with Gasteiger partial charge in [-0.1, -0.05) is 37.3 Å². The van der Waals surface area contributed by atoms with Gasteiger partial charge in [0.25, 0.3) is 0 Å². The van der Waals surface area contributed by atoms with Crippen molar-refractivity contribution in [2.24, 2.45) is 5.92 Å². The number of amides is 1. The summed E-state index contributed by atoms with van der Waals surface area (Å²) >= 11 is 0. The van der Waals surface area contributed by atoms with E-state index in [-0.39, 0.29) is 11.9 Å². The van der Waals surface area contributed by atoms with Gasteiger partial charge in [0.1, 0.15) is 0 Å². The molecule has 1 aliphatic rings. The van der Waals surface area contributed by atoms with Gasteiger partial charge in [-0.15, -0.1) is 0 Å². The number of nitrogens with one attached hydrogen (secondary N) is 2. The van der Waals surface area contributed by atoms with Crippen LogP contribution < -0.4 is 10.6 Å². The molecule has 1 aliphatic heterocycles. The lowest BCUT2D eigenvalue weighted by Gasteiger charge is -2.27. The first-order valence-electron chi connectivity index (χ1n) is 6.30.